The molecule has 152 valence electrons. The van der Waals surface area contributed by atoms with Gasteiger partial charge in [0, 0.05) is 29.3 Å². The quantitative estimate of drug-likeness (QED) is 0.284. The summed E-state index contributed by atoms with van der Waals surface area (Å²) in [7, 11) is 0. The molecule has 4 heterocycles. The van der Waals surface area contributed by atoms with Crippen LogP contribution in [-0.2, 0) is 11.3 Å². The predicted molar refractivity (Wildman–Crippen MR) is 109 cm³/mol. The third kappa shape index (κ3) is 3.53. The molecule has 4 aromatic rings. The molecule has 5 rings (SSSR count). The second-order valence-corrected chi connectivity index (χ2v) is 7.82. The van der Waals surface area contributed by atoms with Gasteiger partial charge in [-0.15, -0.1) is 10.2 Å². The van der Waals surface area contributed by atoms with Crippen molar-refractivity contribution in [2.24, 2.45) is 0 Å². The highest BCUT2D eigenvalue weighted by Gasteiger charge is 2.24. The molecule has 1 aliphatic heterocycles. The summed E-state index contributed by atoms with van der Waals surface area (Å²) >= 11 is 1.22. The van der Waals surface area contributed by atoms with E-state index in [2.05, 4.69) is 25.1 Å². The molecule has 10 nitrogen and oxygen atoms in total. The molecule has 0 aliphatic carbocycles. The Kier molecular flexibility index (Phi) is 4.89. The van der Waals surface area contributed by atoms with Gasteiger partial charge in [-0.2, -0.15) is 0 Å². The van der Waals surface area contributed by atoms with Gasteiger partial charge in [0.25, 0.3) is 0 Å². The minimum Gasteiger partial charge on any atom is -0.376 e. The van der Waals surface area contributed by atoms with Gasteiger partial charge in [0.1, 0.15) is 12.4 Å². The van der Waals surface area contributed by atoms with Crippen LogP contribution in [0.2, 0.25) is 0 Å². The number of rotatable bonds is 6. The SMILES string of the molecule is O=[N+]([O-])c1cnc(Sc2nnc(-c3c[nH]c4ccccc34)n2CC2CCCO2)nc1. The molecule has 3 aromatic heterocycles. The summed E-state index contributed by atoms with van der Waals surface area (Å²) in [6.07, 6.45) is 6.40. The van der Waals surface area contributed by atoms with Gasteiger partial charge in [0.2, 0.25) is 0 Å². The fourth-order valence-corrected chi connectivity index (χ4v) is 4.24. The molecule has 1 aliphatic rings. The Morgan fingerprint density at radius 1 is 1.27 bits per heavy atom. The maximum Gasteiger partial charge on any atom is 0.305 e. The number of hydrogen-bond donors (Lipinski definition) is 1. The van der Waals surface area contributed by atoms with E-state index in [9.17, 15) is 10.1 Å². The molecular weight excluding hydrogens is 406 g/mol. The van der Waals surface area contributed by atoms with Gasteiger partial charge in [-0.3, -0.25) is 14.7 Å². The van der Waals surface area contributed by atoms with E-state index in [4.69, 9.17) is 4.74 Å². The minimum atomic E-state index is -0.524. The molecule has 0 radical (unpaired) electrons. The number of H-pyrrole nitrogens is 1. The Hall–Kier alpha value is -3.31. The van der Waals surface area contributed by atoms with E-state index in [-0.39, 0.29) is 11.8 Å². The first-order valence-electron chi connectivity index (χ1n) is 9.44. The molecule has 0 amide bonds. The molecule has 0 saturated carbocycles. The Bertz CT molecular complexity index is 1200. The highest BCUT2D eigenvalue weighted by Crippen LogP contribution is 2.32. The zero-order valence-electron chi connectivity index (χ0n) is 15.8. The van der Waals surface area contributed by atoms with Gasteiger partial charge in [-0.25, -0.2) is 9.97 Å². The van der Waals surface area contributed by atoms with Crippen LogP contribution in [0.5, 0.6) is 0 Å². The Morgan fingerprint density at radius 3 is 2.87 bits per heavy atom. The average molecular weight is 423 g/mol. The number of aromatic amines is 1. The zero-order chi connectivity index (χ0) is 20.5. The molecule has 30 heavy (non-hydrogen) atoms. The largest absolute Gasteiger partial charge is 0.376 e. The molecule has 0 bridgehead atoms. The van der Waals surface area contributed by atoms with Gasteiger partial charge in [0.05, 0.1) is 17.6 Å². The Labute approximate surface area is 174 Å². The van der Waals surface area contributed by atoms with E-state index < -0.39 is 4.92 Å². The van der Waals surface area contributed by atoms with Crippen molar-refractivity contribution < 1.29 is 9.66 Å². The van der Waals surface area contributed by atoms with E-state index in [0.29, 0.717) is 16.9 Å². The van der Waals surface area contributed by atoms with Crippen molar-refractivity contribution in [2.75, 3.05) is 6.61 Å². The normalized spacial score (nSPS) is 16.3. The molecule has 0 spiro atoms. The molecule has 1 N–H and O–H groups in total. The third-order valence-electron chi connectivity index (χ3n) is 4.97. The van der Waals surface area contributed by atoms with Crippen LogP contribution >= 0.6 is 11.8 Å². The van der Waals surface area contributed by atoms with Gasteiger partial charge in [-0.1, -0.05) is 18.2 Å². The molecule has 1 fully saturated rings. The number of ether oxygens (including phenoxy) is 1. The number of aromatic nitrogens is 6. The number of benzene rings is 1. The van der Waals surface area contributed by atoms with Gasteiger partial charge < -0.3 is 9.72 Å². The first-order valence-corrected chi connectivity index (χ1v) is 10.3. The van der Waals surface area contributed by atoms with E-state index in [1.807, 2.05) is 35.0 Å². The third-order valence-corrected chi connectivity index (χ3v) is 5.84. The number of nitro groups is 1. The first kappa shape index (κ1) is 18.7. The Morgan fingerprint density at radius 2 is 2.10 bits per heavy atom. The maximum absolute atomic E-state index is 10.8. The van der Waals surface area contributed by atoms with Crippen LogP contribution in [0, 0.1) is 10.1 Å². The topological polar surface area (TPSA) is 125 Å². The maximum atomic E-state index is 10.8. The second-order valence-electron chi connectivity index (χ2n) is 6.88. The van der Waals surface area contributed by atoms with Crippen molar-refractivity contribution in [2.45, 2.75) is 35.8 Å². The average Bonchev–Trinajstić information content (AvgIpc) is 3.50. The smallest absolute Gasteiger partial charge is 0.305 e. The van der Waals surface area contributed by atoms with Gasteiger partial charge >= 0.3 is 5.69 Å². The zero-order valence-corrected chi connectivity index (χ0v) is 16.6. The summed E-state index contributed by atoms with van der Waals surface area (Å²) in [6, 6.07) is 8.02. The lowest BCUT2D eigenvalue weighted by atomic mass is 10.1. The van der Waals surface area contributed by atoms with Crippen LogP contribution in [0.1, 0.15) is 12.8 Å². The lowest BCUT2D eigenvalue weighted by Crippen LogP contribution is -2.16. The van der Waals surface area contributed by atoms with Crippen LogP contribution in [0.25, 0.3) is 22.3 Å². The monoisotopic (exact) mass is 423 g/mol. The van der Waals surface area contributed by atoms with E-state index in [0.717, 1.165) is 41.7 Å². The van der Waals surface area contributed by atoms with Crippen molar-refractivity contribution in [1.82, 2.24) is 29.7 Å². The summed E-state index contributed by atoms with van der Waals surface area (Å²) in [5, 5.41) is 21.7. The molecule has 1 aromatic carbocycles. The lowest BCUT2D eigenvalue weighted by Gasteiger charge is -2.14. The number of fused-ring (bicyclic) bond motifs is 1. The van der Waals surface area contributed by atoms with Crippen molar-refractivity contribution in [3.63, 3.8) is 0 Å². The summed E-state index contributed by atoms with van der Waals surface area (Å²) in [6.45, 7) is 1.36. The molecule has 1 atom stereocenters. The van der Waals surface area contributed by atoms with Crippen LogP contribution < -0.4 is 0 Å². The highest BCUT2D eigenvalue weighted by molar-refractivity contribution is 7.99. The number of nitrogens with zero attached hydrogens (tertiary/aromatic N) is 6. The summed E-state index contributed by atoms with van der Waals surface area (Å²) in [4.78, 5) is 21.7. The highest BCUT2D eigenvalue weighted by atomic mass is 32.2. The summed E-state index contributed by atoms with van der Waals surface area (Å²) in [5.41, 5.74) is 1.82. The fraction of sp³-hybridized carbons (Fsp3) is 0.263. The second kappa shape index (κ2) is 7.84. The number of para-hydroxylation sites is 1. The van der Waals surface area contributed by atoms with E-state index in [1.54, 1.807) is 0 Å². The van der Waals surface area contributed by atoms with E-state index >= 15 is 0 Å². The van der Waals surface area contributed by atoms with Gasteiger partial charge in [0.15, 0.2) is 16.1 Å². The Balaban J connectivity index is 1.53. The van der Waals surface area contributed by atoms with Crippen LogP contribution in [0.3, 0.4) is 0 Å². The minimum absolute atomic E-state index is 0.0853. The van der Waals surface area contributed by atoms with Crippen molar-refractivity contribution in [1.29, 1.82) is 0 Å². The lowest BCUT2D eigenvalue weighted by molar-refractivity contribution is -0.385. The molecular formula is C19H17N7O3S. The van der Waals surface area contributed by atoms with E-state index in [1.165, 1.54) is 24.2 Å². The standard InChI is InChI=1S/C19H17N7O3S/c27-26(28)12-8-21-18(22-9-12)30-19-24-23-17(25(19)11-13-4-3-7-29-13)15-10-20-16-6-2-1-5-14(15)16/h1-2,5-6,8-10,13,20H,3-4,7,11H2. The molecule has 1 saturated heterocycles. The number of hydrogen-bond acceptors (Lipinski definition) is 8. The predicted octanol–water partition coefficient (Wildman–Crippen LogP) is 3.45. The van der Waals surface area contributed by atoms with Crippen LogP contribution in [0.4, 0.5) is 5.69 Å². The fourth-order valence-electron chi connectivity index (χ4n) is 3.51. The summed E-state index contributed by atoms with van der Waals surface area (Å²) in [5.74, 6) is 0.729. The number of nitrogens with one attached hydrogen (secondary N) is 1. The summed E-state index contributed by atoms with van der Waals surface area (Å²) < 4.78 is 7.85. The van der Waals surface area contributed by atoms with Crippen LogP contribution in [-0.4, -0.2) is 47.4 Å². The van der Waals surface area contributed by atoms with Crippen molar-refractivity contribution in [3.8, 4) is 11.4 Å². The van der Waals surface area contributed by atoms with Gasteiger partial charge in [-0.05, 0) is 30.7 Å². The van der Waals surface area contributed by atoms with Crippen LogP contribution in [0.15, 0.2) is 53.2 Å². The van der Waals surface area contributed by atoms with Crippen molar-refractivity contribution in [3.05, 3.63) is 53.0 Å². The van der Waals surface area contributed by atoms with Crippen molar-refractivity contribution >= 4 is 28.4 Å². The molecule has 1 unspecified atom stereocenters. The first-order chi connectivity index (χ1) is 14.7. The molecule has 11 heteroatoms.